The predicted octanol–water partition coefficient (Wildman–Crippen LogP) is 0.857. The first kappa shape index (κ1) is 21.0. The average molecular weight is 420 g/mol. The van der Waals surface area contributed by atoms with E-state index in [1.54, 1.807) is 38.0 Å². The van der Waals surface area contributed by atoms with Crippen molar-refractivity contribution in [3.8, 4) is 0 Å². The number of nitrogens with one attached hydrogen (secondary N) is 3. The summed E-state index contributed by atoms with van der Waals surface area (Å²) in [7, 11) is -1.83. The summed E-state index contributed by atoms with van der Waals surface area (Å²) in [6.45, 7) is 3.47. The third-order valence-corrected chi connectivity index (χ3v) is 6.29. The minimum atomic E-state index is -3.62. The quantitative estimate of drug-likeness (QED) is 0.641. The normalized spacial score (nSPS) is 19.8. The summed E-state index contributed by atoms with van der Waals surface area (Å²) < 4.78 is 28.6. The second-order valence-corrected chi connectivity index (χ2v) is 9.13. The molecule has 1 aromatic carbocycles. The van der Waals surface area contributed by atoms with Gasteiger partial charge in [-0.15, -0.1) is 0 Å². The van der Waals surface area contributed by atoms with E-state index in [-0.39, 0.29) is 34.8 Å². The first-order valence-electron chi connectivity index (χ1n) is 9.37. The Labute approximate surface area is 169 Å². The average Bonchev–Trinajstić information content (AvgIpc) is 3.08. The molecule has 3 rings (SSSR count). The SMILES string of the molecule is CC(C)NS(=O)(=O)c1ccc(C(=O)N[C@H]2CCC(=O)N[C@H]2c2cnn(C)c2)cc1. The fraction of sp³-hybridized carbons (Fsp3) is 0.421. The monoisotopic (exact) mass is 419 g/mol. The Hall–Kier alpha value is -2.72. The van der Waals surface area contributed by atoms with Gasteiger partial charge in [-0.3, -0.25) is 14.3 Å². The molecule has 0 radical (unpaired) electrons. The maximum atomic E-state index is 12.7. The molecule has 2 aromatic rings. The number of carbonyl (C=O) groups is 2. The second-order valence-electron chi connectivity index (χ2n) is 7.41. The van der Waals surface area contributed by atoms with Gasteiger partial charge in [0.1, 0.15) is 0 Å². The number of carbonyl (C=O) groups excluding carboxylic acids is 2. The van der Waals surface area contributed by atoms with Gasteiger partial charge < -0.3 is 10.6 Å². The standard InChI is InChI=1S/C19H25N5O4S/c1-12(2)23-29(27,28)15-6-4-13(5-7-15)19(26)21-16-8-9-17(25)22-18(16)14-10-20-24(3)11-14/h4-7,10-12,16,18,23H,8-9H2,1-3H3,(H,21,26)(H,22,25)/t16-,18-/m0/s1. The van der Waals surface area contributed by atoms with Crippen LogP contribution in [0.1, 0.15) is 48.7 Å². The maximum absolute atomic E-state index is 12.7. The zero-order chi connectivity index (χ0) is 21.2. The van der Waals surface area contributed by atoms with Crippen LogP contribution in [0.2, 0.25) is 0 Å². The molecule has 9 nitrogen and oxygen atoms in total. The van der Waals surface area contributed by atoms with Gasteiger partial charge in [-0.2, -0.15) is 5.10 Å². The van der Waals surface area contributed by atoms with Crippen LogP contribution >= 0.6 is 0 Å². The highest BCUT2D eigenvalue weighted by Gasteiger charge is 2.32. The van der Waals surface area contributed by atoms with Crippen LogP contribution in [-0.2, 0) is 21.9 Å². The minimum Gasteiger partial charge on any atom is -0.347 e. The zero-order valence-corrected chi connectivity index (χ0v) is 17.4. The highest BCUT2D eigenvalue weighted by molar-refractivity contribution is 7.89. The van der Waals surface area contributed by atoms with Gasteiger partial charge in [-0.05, 0) is 44.5 Å². The van der Waals surface area contributed by atoms with Crippen LogP contribution in [0.4, 0.5) is 0 Å². The predicted molar refractivity (Wildman–Crippen MR) is 106 cm³/mol. The molecule has 10 heteroatoms. The van der Waals surface area contributed by atoms with Gasteiger partial charge in [-0.25, -0.2) is 13.1 Å². The largest absolute Gasteiger partial charge is 0.347 e. The van der Waals surface area contributed by atoms with Gasteiger partial charge in [0.15, 0.2) is 0 Å². The van der Waals surface area contributed by atoms with Crippen LogP contribution in [0.3, 0.4) is 0 Å². The topological polar surface area (TPSA) is 122 Å². The van der Waals surface area contributed by atoms with Gasteiger partial charge in [0, 0.05) is 36.8 Å². The molecule has 0 spiro atoms. The molecule has 1 aromatic heterocycles. The van der Waals surface area contributed by atoms with Crippen molar-refractivity contribution in [2.45, 2.75) is 49.7 Å². The molecular formula is C19H25N5O4S. The number of hydrogen-bond acceptors (Lipinski definition) is 5. The molecule has 1 aliphatic heterocycles. The van der Waals surface area contributed by atoms with Crippen LogP contribution < -0.4 is 15.4 Å². The lowest BCUT2D eigenvalue weighted by atomic mass is 9.93. The van der Waals surface area contributed by atoms with Gasteiger partial charge in [-0.1, -0.05) is 0 Å². The number of benzene rings is 1. The van der Waals surface area contributed by atoms with Gasteiger partial charge in [0.25, 0.3) is 5.91 Å². The van der Waals surface area contributed by atoms with Crippen LogP contribution in [0.15, 0.2) is 41.6 Å². The van der Waals surface area contributed by atoms with Crippen LogP contribution in [0.25, 0.3) is 0 Å². The third-order valence-electron chi connectivity index (χ3n) is 4.62. The van der Waals surface area contributed by atoms with Crippen molar-refractivity contribution < 1.29 is 18.0 Å². The smallest absolute Gasteiger partial charge is 0.251 e. The first-order valence-corrected chi connectivity index (χ1v) is 10.8. The molecule has 1 saturated heterocycles. The lowest BCUT2D eigenvalue weighted by molar-refractivity contribution is -0.123. The van der Waals surface area contributed by atoms with Crippen molar-refractivity contribution in [1.29, 1.82) is 0 Å². The Morgan fingerprint density at radius 3 is 2.55 bits per heavy atom. The molecule has 29 heavy (non-hydrogen) atoms. The number of nitrogens with zero attached hydrogens (tertiary/aromatic N) is 2. The number of amides is 2. The molecule has 0 bridgehead atoms. The molecule has 2 amide bonds. The highest BCUT2D eigenvalue weighted by Crippen LogP contribution is 2.24. The number of aryl methyl sites for hydroxylation is 1. The van der Waals surface area contributed by atoms with Crippen LogP contribution in [0.5, 0.6) is 0 Å². The Morgan fingerprint density at radius 1 is 1.28 bits per heavy atom. The van der Waals surface area contributed by atoms with E-state index in [0.717, 1.165) is 5.56 Å². The lowest BCUT2D eigenvalue weighted by Crippen LogP contribution is -2.50. The molecule has 0 saturated carbocycles. The van der Waals surface area contributed by atoms with Crippen molar-refractivity contribution in [3.05, 3.63) is 47.8 Å². The van der Waals surface area contributed by atoms with Gasteiger partial charge >= 0.3 is 0 Å². The van der Waals surface area contributed by atoms with E-state index >= 15 is 0 Å². The Morgan fingerprint density at radius 2 is 1.97 bits per heavy atom. The van der Waals surface area contributed by atoms with Crippen molar-refractivity contribution in [2.75, 3.05) is 0 Å². The number of aromatic nitrogens is 2. The molecule has 2 heterocycles. The second kappa shape index (κ2) is 8.34. The van der Waals surface area contributed by atoms with E-state index in [1.807, 2.05) is 0 Å². The summed E-state index contributed by atoms with van der Waals surface area (Å²) in [5.41, 5.74) is 1.15. The Bertz CT molecular complexity index is 998. The fourth-order valence-electron chi connectivity index (χ4n) is 3.29. The van der Waals surface area contributed by atoms with E-state index in [9.17, 15) is 18.0 Å². The zero-order valence-electron chi connectivity index (χ0n) is 16.5. The highest BCUT2D eigenvalue weighted by atomic mass is 32.2. The molecule has 0 aliphatic carbocycles. The van der Waals surface area contributed by atoms with E-state index < -0.39 is 10.0 Å². The van der Waals surface area contributed by atoms with E-state index in [0.29, 0.717) is 18.4 Å². The van der Waals surface area contributed by atoms with Crippen LogP contribution in [0, 0.1) is 0 Å². The summed E-state index contributed by atoms with van der Waals surface area (Å²) in [6.07, 6.45) is 4.29. The number of rotatable bonds is 6. The molecular weight excluding hydrogens is 394 g/mol. The van der Waals surface area contributed by atoms with Crippen molar-refractivity contribution >= 4 is 21.8 Å². The van der Waals surface area contributed by atoms with E-state index in [4.69, 9.17) is 0 Å². The van der Waals surface area contributed by atoms with E-state index in [2.05, 4.69) is 20.5 Å². The Kier molecular flexibility index (Phi) is 6.04. The summed E-state index contributed by atoms with van der Waals surface area (Å²) in [5.74, 6) is -0.405. The molecule has 1 aliphatic rings. The maximum Gasteiger partial charge on any atom is 0.251 e. The van der Waals surface area contributed by atoms with Gasteiger partial charge in [0.05, 0.1) is 23.2 Å². The van der Waals surface area contributed by atoms with Crippen molar-refractivity contribution in [2.24, 2.45) is 7.05 Å². The summed E-state index contributed by atoms with van der Waals surface area (Å²) >= 11 is 0. The van der Waals surface area contributed by atoms with Crippen LogP contribution in [-0.4, -0.2) is 42.1 Å². The summed E-state index contributed by atoms with van der Waals surface area (Å²) in [4.78, 5) is 24.7. The summed E-state index contributed by atoms with van der Waals surface area (Å²) in [5, 5.41) is 9.99. The molecule has 3 N–H and O–H groups in total. The molecule has 0 unspecified atom stereocenters. The van der Waals surface area contributed by atoms with Crippen molar-refractivity contribution in [1.82, 2.24) is 25.1 Å². The summed E-state index contributed by atoms with van der Waals surface area (Å²) in [6, 6.07) is 4.87. The fourth-order valence-corrected chi connectivity index (χ4v) is 4.54. The molecule has 2 atom stereocenters. The molecule has 156 valence electrons. The Balaban J connectivity index is 1.74. The minimum absolute atomic E-state index is 0.0726. The number of piperidine rings is 1. The third kappa shape index (κ3) is 5.01. The first-order chi connectivity index (χ1) is 13.7. The lowest BCUT2D eigenvalue weighted by Gasteiger charge is -2.32. The molecule has 1 fully saturated rings. The van der Waals surface area contributed by atoms with Crippen molar-refractivity contribution in [3.63, 3.8) is 0 Å². The number of hydrogen-bond donors (Lipinski definition) is 3. The number of sulfonamides is 1. The van der Waals surface area contributed by atoms with Gasteiger partial charge in [0.2, 0.25) is 15.9 Å². The van der Waals surface area contributed by atoms with E-state index in [1.165, 1.54) is 24.3 Å².